The molecule has 34 heavy (non-hydrogen) atoms. The molecule has 2 bridgehead atoms. The van der Waals surface area contributed by atoms with E-state index in [1.54, 1.807) is 34.9 Å². The molecule has 8 nitrogen and oxygen atoms in total. The highest BCUT2D eigenvalue weighted by Crippen LogP contribution is 2.36. The standard InChI is InChI=1S/C26H23N5O3/c27-13-17-5-4-8-21(12-17)28-26(34)29-22-9-10-23-20-11-18(15-31(23)25(22)33)14-30(16-20)24(32)19-6-2-1-3-7-19/h1-10,12,18,20H,11,14-16H2,(H2,28,29,34)/t18-,20+/m1/s1. The van der Waals surface area contributed by atoms with Crippen molar-refractivity contribution in [2.24, 2.45) is 5.92 Å². The summed E-state index contributed by atoms with van der Waals surface area (Å²) in [7, 11) is 0. The van der Waals surface area contributed by atoms with Crippen LogP contribution in [0.5, 0.6) is 0 Å². The van der Waals surface area contributed by atoms with Gasteiger partial charge < -0.3 is 20.1 Å². The van der Waals surface area contributed by atoms with Crippen molar-refractivity contribution < 1.29 is 9.59 Å². The molecule has 0 aliphatic carbocycles. The molecule has 1 fully saturated rings. The van der Waals surface area contributed by atoms with E-state index in [0.29, 0.717) is 36.4 Å². The van der Waals surface area contributed by atoms with Crippen LogP contribution in [0, 0.1) is 17.2 Å². The lowest BCUT2D eigenvalue weighted by Crippen LogP contribution is -2.49. The number of benzene rings is 2. The van der Waals surface area contributed by atoms with Crippen LogP contribution >= 0.6 is 0 Å². The molecule has 1 saturated heterocycles. The molecular weight excluding hydrogens is 430 g/mol. The molecule has 2 N–H and O–H groups in total. The largest absolute Gasteiger partial charge is 0.338 e. The number of aromatic nitrogens is 1. The zero-order valence-corrected chi connectivity index (χ0v) is 18.4. The number of anilines is 2. The highest BCUT2D eigenvalue weighted by molar-refractivity contribution is 5.99. The number of hydrogen-bond acceptors (Lipinski definition) is 4. The van der Waals surface area contributed by atoms with E-state index in [2.05, 4.69) is 10.6 Å². The van der Waals surface area contributed by atoms with Gasteiger partial charge in [0.15, 0.2) is 0 Å². The number of hydrogen-bond donors (Lipinski definition) is 2. The summed E-state index contributed by atoms with van der Waals surface area (Å²) in [6, 6.07) is 20.8. The second kappa shape index (κ2) is 8.87. The number of fused-ring (bicyclic) bond motifs is 4. The van der Waals surface area contributed by atoms with Crippen LogP contribution in [0.15, 0.2) is 71.5 Å². The lowest BCUT2D eigenvalue weighted by Gasteiger charge is -2.43. The number of nitrogens with zero attached hydrogens (tertiary/aromatic N) is 3. The monoisotopic (exact) mass is 453 g/mol. The number of amides is 3. The summed E-state index contributed by atoms with van der Waals surface area (Å²) in [5.74, 6) is 0.264. The van der Waals surface area contributed by atoms with Gasteiger partial charge in [0.25, 0.3) is 11.5 Å². The number of carbonyl (C=O) groups is 2. The number of nitrogens with one attached hydrogen (secondary N) is 2. The summed E-state index contributed by atoms with van der Waals surface area (Å²) >= 11 is 0. The fourth-order valence-corrected chi connectivity index (χ4v) is 4.92. The number of piperidine rings is 1. The minimum Gasteiger partial charge on any atom is -0.338 e. The van der Waals surface area contributed by atoms with Crippen LogP contribution < -0.4 is 16.2 Å². The third kappa shape index (κ3) is 4.16. The first-order valence-corrected chi connectivity index (χ1v) is 11.2. The van der Waals surface area contributed by atoms with Crippen molar-refractivity contribution in [3.8, 4) is 6.07 Å². The first kappa shape index (κ1) is 21.5. The third-order valence-corrected chi connectivity index (χ3v) is 6.41. The number of nitriles is 1. The number of likely N-dealkylation sites (tertiary alicyclic amines) is 1. The average molecular weight is 454 g/mol. The highest BCUT2D eigenvalue weighted by atomic mass is 16.2. The average Bonchev–Trinajstić information content (AvgIpc) is 2.86. The van der Waals surface area contributed by atoms with Crippen LogP contribution in [0.4, 0.5) is 16.2 Å². The molecule has 5 rings (SSSR count). The Balaban J connectivity index is 1.32. The van der Waals surface area contributed by atoms with Crippen molar-refractivity contribution in [1.29, 1.82) is 5.26 Å². The molecule has 3 heterocycles. The molecule has 170 valence electrons. The second-order valence-electron chi connectivity index (χ2n) is 8.73. The maximum absolute atomic E-state index is 13.2. The summed E-state index contributed by atoms with van der Waals surface area (Å²) in [5.41, 5.74) is 2.39. The Hall–Kier alpha value is -4.38. The number of rotatable bonds is 3. The lowest BCUT2D eigenvalue weighted by molar-refractivity contribution is 0.0594. The fourth-order valence-electron chi connectivity index (χ4n) is 4.92. The van der Waals surface area contributed by atoms with Crippen LogP contribution in [0.3, 0.4) is 0 Å². The molecule has 0 spiro atoms. The third-order valence-electron chi connectivity index (χ3n) is 6.41. The first-order chi connectivity index (χ1) is 16.5. The molecular formula is C26H23N5O3. The van der Waals surface area contributed by atoms with E-state index in [-0.39, 0.29) is 29.0 Å². The lowest BCUT2D eigenvalue weighted by atomic mass is 9.83. The van der Waals surface area contributed by atoms with Crippen LogP contribution in [-0.2, 0) is 6.54 Å². The molecule has 0 saturated carbocycles. The summed E-state index contributed by atoms with van der Waals surface area (Å²) < 4.78 is 1.73. The Morgan fingerprint density at radius 2 is 1.76 bits per heavy atom. The van der Waals surface area contributed by atoms with Crippen molar-refractivity contribution >= 4 is 23.3 Å². The highest BCUT2D eigenvalue weighted by Gasteiger charge is 2.37. The van der Waals surface area contributed by atoms with E-state index in [4.69, 9.17) is 5.26 Å². The van der Waals surface area contributed by atoms with E-state index < -0.39 is 6.03 Å². The smallest absolute Gasteiger partial charge is 0.323 e. The van der Waals surface area contributed by atoms with Gasteiger partial charge in [-0.05, 0) is 54.8 Å². The SMILES string of the molecule is N#Cc1cccc(NC(=O)Nc2ccc3n(c2=O)C[C@@H]2C[C@H]3CN(C(=O)c3ccccc3)C2)c1. The zero-order valence-electron chi connectivity index (χ0n) is 18.4. The summed E-state index contributed by atoms with van der Waals surface area (Å²) in [6.07, 6.45) is 0.931. The Morgan fingerprint density at radius 1 is 0.941 bits per heavy atom. The molecule has 0 unspecified atom stereocenters. The van der Waals surface area contributed by atoms with Gasteiger partial charge in [-0.1, -0.05) is 24.3 Å². The molecule has 3 amide bonds. The number of pyridine rings is 1. The molecule has 0 radical (unpaired) electrons. The predicted molar refractivity (Wildman–Crippen MR) is 128 cm³/mol. The summed E-state index contributed by atoms with van der Waals surface area (Å²) in [5, 5.41) is 14.3. The molecule has 8 heteroatoms. The Morgan fingerprint density at radius 3 is 2.56 bits per heavy atom. The molecule has 2 aliphatic rings. The van der Waals surface area contributed by atoms with Crippen LogP contribution in [0.2, 0.25) is 0 Å². The quantitative estimate of drug-likeness (QED) is 0.631. The first-order valence-electron chi connectivity index (χ1n) is 11.2. The molecule has 3 aromatic rings. The fraction of sp³-hybridized carbons (Fsp3) is 0.231. The van der Waals surface area contributed by atoms with Crippen molar-refractivity contribution in [2.45, 2.75) is 18.9 Å². The summed E-state index contributed by atoms with van der Waals surface area (Å²) in [6.45, 7) is 1.67. The second-order valence-corrected chi connectivity index (χ2v) is 8.73. The van der Waals surface area contributed by atoms with Crippen molar-refractivity contribution in [1.82, 2.24) is 9.47 Å². The van der Waals surface area contributed by atoms with E-state index in [0.717, 1.165) is 12.1 Å². The van der Waals surface area contributed by atoms with Gasteiger partial charge in [-0.25, -0.2) is 4.79 Å². The number of urea groups is 1. The Kier molecular flexibility index (Phi) is 5.60. The molecule has 2 atom stereocenters. The topological polar surface area (TPSA) is 107 Å². The predicted octanol–water partition coefficient (Wildman–Crippen LogP) is 3.62. The van der Waals surface area contributed by atoms with Gasteiger partial charge in [-0.15, -0.1) is 0 Å². The maximum atomic E-state index is 13.2. The van der Waals surface area contributed by atoms with E-state index in [9.17, 15) is 14.4 Å². The van der Waals surface area contributed by atoms with E-state index in [1.165, 1.54) is 0 Å². The van der Waals surface area contributed by atoms with Gasteiger partial charge >= 0.3 is 6.03 Å². The molecule has 1 aromatic heterocycles. The Labute approximate surface area is 196 Å². The van der Waals surface area contributed by atoms with Crippen molar-refractivity contribution in [3.63, 3.8) is 0 Å². The van der Waals surface area contributed by atoms with Gasteiger partial charge in [0, 0.05) is 42.5 Å². The molecule has 2 aliphatic heterocycles. The van der Waals surface area contributed by atoms with Crippen LogP contribution in [0.1, 0.15) is 34.0 Å². The van der Waals surface area contributed by atoms with Crippen molar-refractivity contribution in [2.75, 3.05) is 23.7 Å². The van der Waals surface area contributed by atoms with Gasteiger partial charge in [-0.2, -0.15) is 5.26 Å². The van der Waals surface area contributed by atoms with Crippen LogP contribution in [0.25, 0.3) is 0 Å². The number of carbonyl (C=O) groups excluding carboxylic acids is 2. The van der Waals surface area contributed by atoms with E-state index >= 15 is 0 Å². The van der Waals surface area contributed by atoms with E-state index in [1.807, 2.05) is 47.4 Å². The van der Waals surface area contributed by atoms with Gasteiger partial charge in [0.2, 0.25) is 0 Å². The normalized spacial score (nSPS) is 18.4. The minimum absolute atomic E-state index is 0.0153. The van der Waals surface area contributed by atoms with Crippen LogP contribution in [-0.4, -0.2) is 34.5 Å². The zero-order chi connectivity index (χ0) is 23.7. The maximum Gasteiger partial charge on any atom is 0.323 e. The molecule has 2 aromatic carbocycles. The minimum atomic E-state index is -0.552. The van der Waals surface area contributed by atoms with Gasteiger partial charge in [0.1, 0.15) is 5.69 Å². The summed E-state index contributed by atoms with van der Waals surface area (Å²) in [4.78, 5) is 40.5. The van der Waals surface area contributed by atoms with Crippen molar-refractivity contribution in [3.05, 3.63) is 93.9 Å². The van der Waals surface area contributed by atoms with Gasteiger partial charge in [0.05, 0.1) is 11.6 Å². The van der Waals surface area contributed by atoms with Gasteiger partial charge in [-0.3, -0.25) is 9.59 Å². The Bertz CT molecular complexity index is 1360.